The van der Waals surface area contributed by atoms with E-state index >= 15 is 0 Å². The van der Waals surface area contributed by atoms with Crippen molar-refractivity contribution in [3.8, 4) is 5.75 Å². The third-order valence-corrected chi connectivity index (χ3v) is 5.68. The van der Waals surface area contributed by atoms with Crippen LogP contribution in [0.4, 0.5) is 4.39 Å². The molecule has 0 spiro atoms. The van der Waals surface area contributed by atoms with Crippen LogP contribution in [0.5, 0.6) is 5.75 Å². The first kappa shape index (κ1) is 19.2. The van der Waals surface area contributed by atoms with Crippen LogP contribution in [0.1, 0.15) is 13.3 Å². The second-order valence-electron chi connectivity index (χ2n) is 5.88. The predicted octanol–water partition coefficient (Wildman–Crippen LogP) is 0.782. The molecule has 1 aromatic rings. The zero-order valence-corrected chi connectivity index (χ0v) is 14.8. The number of hydrogen-bond acceptors (Lipinski definition) is 6. The number of halogens is 1. The maximum atomic E-state index is 12.8. The number of likely N-dealkylation sites (N-methyl/N-ethyl adjacent to an activating group) is 1. The number of hydrogen-bond donors (Lipinski definition) is 0. The summed E-state index contributed by atoms with van der Waals surface area (Å²) in [6.07, 6.45) is -0.684. The van der Waals surface area contributed by atoms with Crippen LogP contribution in [-0.4, -0.2) is 62.5 Å². The minimum Gasteiger partial charge on any atom is -0.482 e. The van der Waals surface area contributed by atoms with Gasteiger partial charge in [-0.3, -0.25) is 4.79 Å². The van der Waals surface area contributed by atoms with Crippen molar-refractivity contribution in [2.45, 2.75) is 25.5 Å². The number of ether oxygens (including phenoxy) is 2. The first-order valence-corrected chi connectivity index (χ1v) is 9.55. The molecule has 0 aliphatic carbocycles. The van der Waals surface area contributed by atoms with Crippen molar-refractivity contribution >= 4 is 21.7 Å². The van der Waals surface area contributed by atoms with E-state index in [0.717, 1.165) is 0 Å². The number of esters is 1. The first-order chi connectivity index (χ1) is 11.7. The molecule has 1 heterocycles. The summed E-state index contributed by atoms with van der Waals surface area (Å²) in [7, 11) is -1.62. The minimum atomic E-state index is -3.11. The average Bonchev–Trinajstić information content (AvgIpc) is 2.93. The number of carbonyl (C=O) groups is 2. The van der Waals surface area contributed by atoms with Gasteiger partial charge in [-0.1, -0.05) is 0 Å². The molecule has 138 valence electrons. The lowest BCUT2D eigenvalue weighted by Crippen LogP contribution is -2.44. The summed E-state index contributed by atoms with van der Waals surface area (Å²) in [6.45, 7) is 0.989. The topological polar surface area (TPSA) is 90.0 Å². The highest BCUT2D eigenvalue weighted by Crippen LogP contribution is 2.18. The van der Waals surface area contributed by atoms with Crippen LogP contribution in [0, 0.1) is 5.82 Å². The number of carbonyl (C=O) groups excluding carboxylic acids is 2. The molecule has 0 unspecified atom stereocenters. The molecule has 0 saturated carbocycles. The van der Waals surface area contributed by atoms with Gasteiger partial charge in [0.2, 0.25) is 0 Å². The summed E-state index contributed by atoms with van der Waals surface area (Å²) >= 11 is 0. The van der Waals surface area contributed by atoms with Crippen molar-refractivity contribution in [1.82, 2.24) is 4.90 Å². The molecule has 0 radical (unpaired) electrons. The maximum absolute atomic E-state index is 12.8. The van der Waals surface area contributed by atoms with Crippen LogP contribution in [0.25, 0.3) is 0 Å². The van der Waals surface area contributed by atoms with E-state index in [9.17, 15) is 22.4 Å². The number of amides is 1. The number of rotatable bonds is 6. The van der Waals surface area contributed by atoms with Crippen molar-refractivity contribution < 1.29 is 31.9 Å². The van der Waals surface area contributed by atoms with Crippen molar-refractivity contribution in [1.29, 1.82) is 0 Å². The van der Waals surface area contributed by atoms with Crippen molar-refractivity contribution in [3.05, 3.63) is 30.1 Å². The lowest BCUT2D eigenvalue weighted by Gasteiger charge is -2.26. The molecule has 2 rings (SSSR count). The van der Waals surface area contributed by atoms with Crippen LogP contribution < -0.4 is 4.74 Å². The predicted molar refractivity (Wildman–Crippen MR) is 87.3 cm³/mol. The van der Waals surface area contributed by atoms with E-state index in [2.05, 4.69) is 0 Å². The highest BCUT2D eigenvalue weighted by atomic mass is 32.2. The van der Waals surface area contributed by atoms with Gasteiger partial charge in [-0.05, 0) is 37.6 Å². The Morgan fingerprint density at radius 3 is 2.52 bits per heavy atom. The molecule has 1 fully saturated rings. The largest absolute Gasteiger partial charge is 0.482 e. The molecule has 1 aromatic carbocycles. The Labute approximate surface area is 145 Å². The summed E-state index contributed by atoms with van der Waals surface area (Å²) < 4.78 is 45.9. The summed E-state index contributed by atoms with van der Waals surface area (Å²) in [5.74, 6) is -1.38. The lowest BCUT2D eigenvalue weighted by atomic mass is 10.2. The van der Waals surface area contributed by atoms with E-state index in [4.69, 9.17) is 9.47 Å². The molecule has 25 heavy (non-hydrogen) atoms. The molecular formula is C16H20FNO6S. The lowest BCUT2D eigenvalue weighted by molar-refractivity contribution is -0.160. The highest BCUT2D eigenvalue weighted by Gasteiger charge is 2.34. The first-order valence-electron chi connectivity index (χ1n) is 7.73. The Morgan fingerprint density at radius 2 is 1.96 bits per heavy atom. The number of sulfone groups is 1. The summed E-state index contributed by atoms with van der Waals surface area (Å²) in [4.78, 5) is 25.3. The van der Waals surface area contributed by atoms with Gasteiger partial charge >= 0.3 is 5.97 Å². The fourth-order valence-corrected chi connectivity index (χ4v) is 4.28. The van der Waals surface area contributed by atoms with E-state index in [0.29, 0.717) is 12.2 Å². The van der Waals surface area contributed by atoms with Crippen LogP contribution in [-0.2, 0) is 24.2 Å². The Bertz CT molecular complexity index is 733. The molecule has 0 N–H and O–H groups in total. The van der Waals surface area contributed by atoms with Gasteiger partial charge < -0.3 is 14.4 Å². The Kier molecular flexibility index (Phi) is 5.99. The van der Waals surface area contributed by atoms with Gasteiger partial charge in [-0.15, -0.1) is 0 Å². The minimum absolute atomic E-state index is 0.0506. The molecule has 1 aliphatic heterocycles. The third-order valence-electron chi connectivity index (χ3n) is 3.93. The molecule has 1 amide bonds. The molecule has 0 bridgehead atoms. The average molecular weight is 373 g/mol. The van der Waals surface area contributed by atoms with Gasteiger partial charge in [-0.25, -0.2) is 17.6 Å². The van der Waals surface area contributed by atoms with Crippen LogP contribution >= 0.6 is 0 Å². The van der Waals surface area contributed by atoms with Gasteiger partial charge in [0, 0.05) is 13.1 Å². The third kappa shape index (κ3) is 5.42. The highest BCUT2D eigenvalue weighted by molar-refractivity contribution is 7.91. The van der Waals surface area contributed by atoms with E-state index in [1.165, 1.54) is 43.1 Å². The van der Waals surface area contributed by atoms with E-state index in [1.807, 2.05) is 0 Å². The smallest absolute Gasteiger partial charge is 0.344 e. The van der Waals surface area contributed by atoms with E-state index in [-0.39, 0.29) is 11.5 Å². The van der Waals surface area contributed by atoms with Gasteiger partial charge in [0.1, 0.15) is 11.6 Å². The normalized spacial score (nSPS) is 19.9. The fraction of sp³-hybridized carbons (Fsp3) is 0.500. The summed E-state index contributed by atoms with van der Waals surface area (Å²) in [6, 6.07) is 4.71. The molecular weight excluding hydrogens is 353 g/mol. The maximum Gasteiger partial charge on any atom is 0.344 e. The zero-order valence-electron chi connectivity index (χ0n) is 14.0. The molecule has 7 nitrogen and oxygen atoms in total. The van der Waals surface area contributed by atoms with Crippen LogP contribution in [0.3, 0.4) is 0 Å². The van der Waals surface area contributed by atoms with Crippen molar-refractivity contribution in [2.75, 3.05) is 25.2 Å². The molecule has 2 atom stereocenters. The monoisotopic (exact) mass is 373 g/mol. The molecule has 1 aliphatic rings. The van der Waals surface area contributed by atoms with Gasteiger partial charge in [0.05, 0.1) is 11.5 Å². The summed E-state index contributed by atoms with van der Waals surface area (Å²) in [5.41, 5.74) is 0. The second-order valence-corrected chi connectivity index (χ2v) is 8.11. The quantitative estimate of drug-likeness (QED) is 0.685. The van der Waals surface area contributed by atoms with Crippen LogP contribution in [0.15, 0.2) is 24.3 Å². The van der Waals surface area contributed by atoms with Crippen molar-refractivity contribution in [3.63, 3.8) is 0 Å². The van der Waals surface area contributed by atoms with Gasteiger partial charge in [0.15, 0.2) is 22.5 Å². The number of benzene rings is 1. The molecule has 1 saturated heterocycles. The Morgan fingerprint density at radius 1 is 1.32 bits per heavy atom. The Hall–Kier alpha value is -2.16. The zero-order chi connectivity index (χ0) is 18.6. The fourth-order valence-electron chi connectivity index (χ4n) is 2.50. The number of nitrogens with zero attached hydrogens (tertiary/aromatic N) is 1. The molecule has 0 aromatic heterocycles. The van der Waals surface area contributed by atoms with E-state index < -0.39 is 46.3 Å². The van der Waals surface area contributed by atoms with Gasteiger partial charge in [-0.2, -0.15) is 0 Å². The van der Waals surface area contributed by atoms with Crippen molar-refractivity contribution in [2.24, 2.45) is 0 Å². The summed E-state index contributed by atoms with van der Waals surface area (Å²) in [5, 5.41) is 0. The SMILES string of the molecule is C[C@H](OC(=O)COc1ccc(F)cc1)C(=O)N(C)[C@H]1CCS(=O)(=O)C1. The van der Waals surface area contributed by atoms with Gasteiger partial charge in [0.25, 0.3) is 5.91 Å². The second kappa shape index (κ2) is 7.81. The Balaban J connectivity index is 1.81. The van der Waals surface area contributed by atoms with Crippen LogP contribution in [0.2, 0.25) is 0 Å². The van der Waals surface area contributed by atoms with E-state index in [1.54, 1.807) is 0 Å². The molecule has 9 heteroatoms. The standard InChI is InChI=1S/C16H20FNO6S/c1-11(16(20)18(2)13-7-8-25(21,22)10-13)24-15(19)9-23-14-5-3-12(17)4-6-14/h3-6,11,13H,7-10H2,1-2H3/t11-,13-/m0/s1.